The quantitative estimate of drug-likeness (QED) is 0.695. The Kier molecular flexibility index (Phi) is 5.29. The molecular formula is C25H26FNO. The molecule has 2 atom stereocenters. The van der Waals surface area contributed by atoms with Gasteiger partial charge in [-0.1, -0.05) is 66.7 Å². The van der Waals surface area contributed by atoms with Gasteiger partial charge in [0.25, 0.3) is 0 Å². The molecule has 1 N–H and O–H groups in total. The Balaban J connectivity index is 1.67. The third kappa shape index (κ3) is 3.60. The SMILES string of the molecule is CN(Cc1ccccc1)CC1CCc2cc(F)ccc2C1(O)c1ccccc1. The Morgan fingerprint density at radius 2 is 1.68 bits per heavy atom. The molecule has 0 spiro atoms. The van der Waals surface area contributed by atoms with Crippen molar-refractivity contribution >= 4 is 0 Å². The number of rotatable bonds is 5. The van der Waals surface area contributed by atoms with Crippen molar-refractivity contribution in [2.24, 2.45) is 5.92 Å². The van der Waals surface area contributed by atoms with Crippen LogP contribution in [0.5, 0.6) is 0 Å². The smallest absolute Gasteiger partial charge is 0.123 e. The van der Waals surface area contributed by atoms with Crippen LogP contribution in [0.2, 0.25) is 0 Å². The normalized spacial score (nSPS) is 21.5. The number of halogens is 1. The summed E-state index contributed by atoms with van der Waals surface area (Å²) in [5.74, 6) is -0.213. The molecule has 2 unspecified atom stereocenters. The average molecular weight is 375 g/mol. The Morgan fingerprint density at radius 3 is 2.39 bits per heavy atom. The number of aryl methyl sites for hydroxylation is 1. The molecule has 1 aliphatic carbocycles. The van der Waals surface area contributed by atoms with E-state index in [0.717, 1.165) is 42.6 Å². The lowest BCUT2D eigenvalue weighted by atomic mass is 9.68. The predicted octanol–water partition coefficient (Wildman–Crippen LogP) is 4.76. The van der Waals surface area contributed by atoms with Gasteiger partial charge in [-0.25, -0.2) is 4.39 Å². The maximum absolute atomic E-state index is 13.8. The second kappa shape index (κ2) is 7.86. The van der Waals surface area contributed by atoms with Crippen molar-refractivity contribution in [1.82, 2.24) is 4.90 Å². The van der Waals surface area contributed by atoms with Crippen molar-refractivity contribution < 1.29 is 9.50 Å². The molecule has 0 amide bonds. The molecule has 0 fully saturated rings. The van der Waals surface area contributed by atoms with E-state index in [1.165, 1.54) is 11.6 Å². The topological polar surface area (TPSA) is 23.5 Å². The fourth-order valence-corrected chi connectivity index (χ4v) is 4.54. The highest BCUT2D eigenvalue weighted by molar-refractivity contribution is 5.44. The van der Waals surface area contributed by atoms with Gasteiger partial charge in [0.15, 0.2) is 0 Å². The van der Waals surface area contributed by atoms with Gasteiger partial charge in [0.2, 0.25) is 0 Å². The van der Waals surface area contributed by atoms with Gasteiger partial charge in [-0.05, 0) is 54.3 Å². The molecule has 144 valence electrons. The summed E-state index contributed by atoms with van der Waals surface area (Å²) in [6, 6.07) is 25.0. The predicted molar refractivity (Wildman–Crippen MR) is 110 cm³/mol. The van der Waals surface area contributed by atoms with Gasteiger partial charge in [0.1, 0.15) is 11.4 Å². The van der Waals surface area contributed by atoms with Gasteiger partial charge < -0.3 is 10.0 Å². The highest BCUT2D eigenvalue weighted by Gasteiger charge is 2.44. The van der Waals surface area contributed by atoms with E-state index in [0.29, 0.717) is 0 Å². The minimum Gasteiger partial charge on any atom is -0.380 e. The van der Waals surface area contributed by atoms with Crippen molar-refractivity contribution in [3.8, 4) is 0 Å². The van der Waals surface area contributed by atoms with E-state index in [9.17, 15) is 9.50 Å². The van der Waals surface area contributed by atoms with Crippen LogP contribution in [0.15, 0.2) is 78.9 Å². The molecule has 0 aliphatic heterocycles. The zero-order chi connectivity index (χ0) is 19.6. The lowest BCUT2D eigenvalue weighted by Crippen LogP contribution is -2.45. The van der Waals surface area contributed by atoms with E-state index in [1.54, 1.807) is 12.1 Å². The molecule has 0 saturated carbocycles. The molecule has 0 heterocycles. The zero-order valence-corrected chi connectivity index (χ0v) is 16.2. The van der Waals surface area contributed by atoms with Crippen LogP contribution in [0.4, 0.5) is 4.39 Å². The maximum atomic E-state index is 13.8. The van der Waals surface area contributed by atoms with E-state index >= 15 is 0 Å². The minimum absolute atomic E-state index is 0.0292. The first-order valence-electron chi connectivity index (χ1n) is 9.86. The molecule has 4 rings (SSSR count). The fraction of sp³-hybridized carbons (Fsp3) is 0.280. The van der Waals surface area contributed by atoms with E-state index in [-0.39, 0.29) is 11.7 Å². The number of aliphatic hydroxyl groups is 1. The van der Waals surface area contributed by atoms with Gasteiger partial charge >= 0.3 is 0 Å². The summed E-state index contributed by atoms with van der Waals surface area (Å²) in [5, 5.41) is 12.0. The van der Waals surface area contributed by atoms with Crippen molar-refractivity contribution in [1.29, 1.82) is 0 Å². The summed E-state index contributed by atoms with van der Waals surface area (Å²) in [4.78, 5) is 2.27. The standard InChI is InChI=1S/C25H26FNO/c1-27(17-19-8-4-2-5-9-19)18-22-13-12-20-16-23(26)14-15-24(20)25(22,28)21-10-6-3-7-11-21/h2-11,14-16,22,28H,12-13,17-18H2,1H3. The molecule has 3 aromatic rings. The molecule has 0 radical (unpaired) electrons. The highest BCUT2D eigenvalue weighted by atomic mass is 19.1. The largest absolute Gasteiger partial charge is 0.380 e. The first-order valence-corrected chi connectivity index (χ1v) is 9.86. The Hall–Kier alpha value is -2.49. The summed E-state index contributed by atoms with van der Waals surface area (Å²) in [6.45, 7) is 1.59. The summed E-state index contributed by atoms with van der Waals surface area (Å²) in [6.07, 6.45) is 1.60. The Morgan fingerprint density at radius 1 is 1.00 bits per heavy atom. The monoisotopic (exact) mass is 375 g/mol. The first kappa shape index (κ1) is 18.9. The third-order valence-electron chi connectivity index (χ3n) is 5.87. The van der Waals surface area contributed by atoms with Crippen LogP contribution < -0.4 is 0 Å². The van der Waals surface area contributed by atoms with E-state index in [2.05, 4.69) is 36.2 Å². The third-order valence-corrected chi connectivity index (χ3v) is 5.87. The average Bonchev–Trinajstić information content (AvgIpc) is 2.71. The number of fused-ring (bicyclic) bond motifs is 1. The van der Waals surface area contributed by atoms with E-state index in [4.69, 9.17) is 0 Å². The van der Waals surface area contributed by atoms with Crippen LogP contribution in [0.1, 0.15) is 28.7 Å². The lowest BCUT2D eigenvalue weighted by Gasteiger charge is -2.43. The Bertz CT molecular complexity index is 928. The number of nitrogens with zero attached hydrogens (tertiary/aromatic N) is 1. The minimum atomic E-state index is -1.12. The highest BCUT2D eigenvalue weighted by Crippen LogP contribution is 2.45. The van der Waals surface area contributed by atoms with E-state index < -0.39 is 5.60 Å². The molecule has 2 nitrogen and oxygen atoms in total. The summed E-state index contributed by atoms with van der Waals surface area (Å²) in [7, 11) is 2.10. The second-order valence-electron chi connectivity index (χ2n) is 7.85. The molecule has 0 saturated heterocycles. The second-order valence-corrected chi connectivity index (χ2v) is 7.85. The summed E-state index contributed by atoms with van der Waals surface area (Å²) < 4.78 is 13.8. The number of hydrogen-bond donors (Lipinski definition) is 1. The number of hydrogen-bond acceptors (Lipinski definition) is 2. The molecule has 3 aromatic carbocycles. The molecule has 1 aliphatic rings. The Labute approximate surface area is 166 Å². The van der Waals surface area contributed by atoms with Crippen molar-refractivity contribution in [2.75, 3.05) is 13.6 Å². The van der Waals surface area contributed by atoms with Crippen LogP contribution in [-0.4, -0.2) is 23.6 Å². The maximum Gasteiger partial charge on any atom is 0.123 e. The van der Waals surface area contributed by atoms with Crippen LogP contribution in [0.3, 0.4) is 0 Å². The van der Waals surface area contributed by atoms with Gasteiger partial charge in [-0.3, -0.25) is 0 Å². The summed E-state index contributed by atoms with van der Waals surface area (Å²) >= 11 is 0. The van der Waals surface area contributed by atoms with Crippen molar-refractivity contribution in [2.45, 2.75) is 25.0 Å². The lowest BCUT2D eigenvalue weighted by molar-refractivity contribution is -0.00998. The van der Waals surface area contributed by atoms with Gasteiger partial charge in [-0.15, -0.1) is 0 Å². The van der Waals surface area contributed by atoms with Crippen LogP contribution in [-0.2, 0) is 18.6 Å². The van der Waals surface area contributed by atoms with Crippen LogP contribution in [0.25, 0.3) is 0 Å². The molecule has 3 heteroatoms. The molecular weight excluding hydrogens is 349 g/mol. The van der Waals surface area contributed by atoms with Crippen LogP contribution >= 0.6 is 0 Å². The molecule has 0 bridgehead atoms. The van der Waals surface area contributed by atoms with Crippen molar-refractivity contribution in [3.05, 3.63) is 107 Å². The summed E-state index contributed by atoms with van der Waals surface area (Å²) in [5.41, 5.74) is 2.76. The van der Waals surface area contributed by atoms with Crippen LogP contribution in [0, 0.1) is 11.7 Å². The zero-order valence-electron chi connectivity index (χ0n) is 16.2. The van der Waals surface area contributed by atoms with Gasteiger partial charge in [0.05, 0.1) is 0 Å². The molecule has 0 aromatic heterocycles. The van der Waals surface area contributed by atoms with Gasteiger partial charge in [-0.2, -0.15) is 0 Å². The molecule has 28 heavy (non-hydrogen) atoms. The van der Waals surface area contributed by atoms with Crippen molar-refractivity contribution in [3.63, 3.8) is 0 Å². The fourth-order valence-electron chi connectivity index (χ4n) is 4.54. The van der Waals surface area contributed by atoms with E-state index in [1.807, 2.05) is 36.4 Å². The number of benzene rings is 3. The van der Waals surface area contributed by atoms with Gasteiger partial charge in [0, 0.05) is 19.0 Å². The first-order chi connectivity index (χ1) is 13.6.